The average molecular weight is 323 g/mol. The second-order valence-electron chi connectivity index (χ2n) is 7.02. The first-order chi connectivity index (χ1) is 11.9. The van der Waals surface area contributed by atoms with Crippen LogP contribution in [-0.4, -0.2) is 22.7 Å². The summed E-state index contributed by atoms with van der Waals surface area (Å²) in [6, 6.07) is 21.5. The maximum absolute atomic E-state index is 10.2. The molecule has 3 rings (SSSR count). The molecule has 1 unspecified atom stereocenters. The van der Waals surface area contributed by atoms with Crippen molar-refractivity contribution in [2.45, 2.75) is 51.2 Å². The molecular weight excluding hydrogens is 294 g/mol. The molecule has 0 amide bonds. The van der Waals surface area contributed by atoms with E-state index < -0.39 is 0 Å². The maximum Gasteiger partial charge on any atom is 0.0589 e. The Labute approximate surface area is 146 Å². The number of benzene rings is 2. The summed E-state index contributed by atoms with van der Waals surface area (Å²) < 4.78 is 0. The zero-order valence-electron chi connectivity index (χ0n) is 14.5. The van der Waals surface area contributed by atoms with Gasteiger partial charge in [-0.3, -0.25) is 4.90 Å². The molecule has 1 fully saturated rings. The van der Waals surface area contributed by atoms with Gasteiger partial charge in [-0.2, -0.15) is 0 Å². The van der Waals surface area contributed by atoms with Crippen LogP contribution in [0.3, 0.4) is 0 Å². The van der Waals surface area contributed by atoms with Crippen LogP contribution in [0.1, 0.15) is 43.2 Å². The average Bonchev–Trinajstić information content (AvgIpc) is 2.65. The molecule has 0 spiro atoms. The van der Waals surface area contributed by atoms with Gasteiger partial charge in [-0.25, -0.2) is 0 Å². The third-order valence-corrected chi connectivity index (χ3v) is 5.31. The topological polar surface area (TPSA) is 23.5 Å². The predicted molar refractivity (Wildman–Crippen MR) is 99.6 cm³/mol. The van der Waals surface area contributed by atoms with Crippen molar-refractivity contribution in [1.29, 1.82) is 0 Å². The van der Waals surface area contributed by atoms with Crippen molar-refractivity contribution in [3.63, 3.8) is 0 Å². The lowest BCUT2D eigenvalue weighted by molar-refractivity contribution is 0.0531. The van der Waals surface area contributed by atoms with Crippen LogP contribution in [0.2, 0.25) is 0 Å². The van der Waals surface area contributed by atoms with Gasteiger partial charge in [-0.15, -0.1) is 0 Å². The molecule has 1 atom stereocenters. The summed E-state index contributed by atoms with van der Waals surface area (Å²) in [5.41, 5.74) is 2.64. The van der Waals surface area contributed by atoms with E-state index in [1.54, 1.807) is 0 Å². The predicted octanol–water partition coefficient (Wildman–Crippen LogP) is 4.63. The maximum atomic E-state index is 10.2. The van der Waals surface area contributed by atoms with Gasteiger partial charge in [0.1, 0.15) is 0 Å². The molecule has 2 heteroatoms. The molecule has 1 saturated carbocycles. The van der Waals surface area contributed by atoms with Crippen LogP contribution in [0.15, 0.2) is 60.7 Å². The molecule has 2 aromatic carbocycles. The minimum atomic E-state index is 0.254. The lowest BCUT2D eigenvalue weighted by atomic mass is 9.83. The van der Waals surface area contributed by atoms with Gasteiger partial charge < -0.3 is 5.11 Å². The van der Waals surface area contributed by atoms with Gasteiger partial charge in [0, 0.05) is 19.1 Å². The highest BCUT2D eigenvalue weighted by Gasteiger charge is 2.28. The van der Waals surface area contributed by atoms with Gasteiger partial charge in [-0.05, 0) is 29.9 Å². The van der Waals surface area contributed by atoms with Gasteiger partial charge in [0.25, 0.3) is 0 Å². The molecule has 128 valence electrons. The first-order valence-electron chi connectivity index (χ1n) is 9.29. The lowest BCUT2D eigenvalue weighted by Crippen LogP contribution is -2.43. The van der Waals surface area contributed by atoms with Crippen molar-refractivity contribution in [2.24, 2.45) is 5.92 Å². The highest BCUT2D eigenvalue weighted by molar-refractivity contribution is 5.17. The van der Waals surface area contributed by atoms with E-state index in [1.165, 1.54) is 43.2 Å². The smallest absolute Gasteiger partial charge is 0.0589 e. The van der Waals surface area contributed by atoms with E-state index in [-0.39, 0.29) is 12.6 Å². The molecule has 2 aromatic rings. The van der Waals surface area contributed by atoms with Crippen LogP contribution in [0.5, 0.6) is 0 Å². The molecule has 1 aliphatic carbocycles. The Hall–Kier alpha value is -1.64. The SMILES string of the molecule is OCC(C1CCCCC1)N(Cc1ccccc1)Cc1ccccc1. The number of aliphatic hydroxyl groups excluding tert-OH is 1. The summed E-state index contributed by atoms with van der Waals surface area (Å²) >= 11 is 0. The molecule has 24 heavy (non-hydrogen) atoms. The van der Waals surface area contributed by atoms with E-state index in [9.17, 15) is 5.11 Å². The Morgan fingerprint density at radius 2 is 1.29 bits per heavy atom. The second kappa shape index (κ2) is 9.00. The minimum absolute atomic E-state index is 0.254. The van der Waals surface area contributed by atoms with Crippen LogP contribution < -0.4 is 0 Å². The Morgan fingerprint density at radius 3 is 1.75 bits per heavy atom. The summed E-state index contributed by atoms with van der Waals surface area (Å²) in [4.78, 5) is 2.49. The van der Waals surface area contributed by atoms with Gasteiger partial charge in [0.05, 0.1) is 6.61 Å². The van der Waals surface area contributed by atoms with Crippen LogP contribution in [0.4, 0.5) is 0 Å². The summed E-state index contributed by atoms with van der Waals surface area (Å²) in [5.74, 6) is 0.621. The van der Waals surface area contributed by atoms with Crippen molar-refractivity contribution in [2.75, 3.05) is 6.61 Å². The lowest BCUT2D eigenvalue weighted by Gasteiger charge is -2.38. The number of rotatable bonds is 7. The number of aliphatic hydroxyl groups is 1. The summed E-state index contributed by atoms with van der Waals surface area (Å²) in [5, 5.41) is 10.2. The third-order valence-electron chi connectivity index (χ3n) is 5.31. The zero-order chi connectivity index (χ0) is 16.6. The summed E-state index contributed by atoms with van der Waals surface area (Å²) in [7, 11) is 0. The molecule has 0 aromatic heterocycles. The van der Waals surface area contributed by atoms with E-state index in [0.29, 0.717) is 5.92 Å². The van der Waals surface area contributed by atoms with Crippen molar-refractivity contribution in [3.8, 4) is 0 Å². The largest absolute Gasteiger partial charge is 0.395 e. The third kappa shape index (κ3) is 4.68. The second-order valence-corrected chi connectivity index (χ2v) is 7.02. The monoisotopic (exact) mass is 323 g/mol. The molecule has 0 heterocycles. The first-order valence-corrected chi connectivity index (χ1v) is 9.29. The normalized spacial score (nSPS) is 17.1. The number of nitrogens with zero attached hydrogens (tertiary/aromatic N) is 1. The fourth-order valence-corrected chi connectivity index (χ4v) is 4.01. The van der Waals surface area contributed by atoms with Crippen LogP contribution >= 0.6 is 0 Å². The quantitative estimate of drug-likeness (QED) is 0.803. The molecular formula is C22H29NO. The van der Waals surface area contributed by atoms with E-state index in [4.69, 9.17) is 0 Å². The Morgan fingerprint density at radius 1 is 0.792 bits per heavy atom. The fourth-order valence-electron chi connectivity index (χ4n) is 4.01. The summed E-state index contributed by atoms with van der Waals surface area (Å²) in [6.45, 7) is 2.05. The molecule has 0 saturated heterocycles. The Bertz CT molecular complexity index is 536. The zero-order valence-corrected chi connectivity index (χ0v) is 14.5. The molecule has 1 N–H and O–H groups in total. The molecule has 1 aliphatic rings. The van der Waals surface area contributed by atoms with Crippen molar-refractivity contribution >= 4 is 0 Å². The standard InChI is InChI=1S/C22H29NO/c24-18-22(21-14-8-3-9-15-21)23(16-19-10-4-1-5-11-19)17-20-12-6-2-7-13-20/h1-2,4-7,10-13,21-22,24H,3,8-9,14-18H2. The fraction of sp³-hybridized carbons (Fsp3) is 0.455. The molecule has 2 nitrogen and oxygen atoms in total. The van der Waals surface area contributed by atoms with Gasteiger partial charge in [-0.1, -0.05) is 79.9 Å². The van der Waals surface area contributed by atoms with Crippen molar-refractivity contribution < 1.29 is 5.11 Å². The van der Waals surface area contributed by atoms with Crippen LogP contribution in [-0.2, 0) is 13.1 Å². The first kappa shape index (κ1) is 17.2. The van der Waals surface area contributed by atoms with Gasteiger partial charge in [0.2, 0.25) is 0 Å². The van der Waals surface area contributed by atoms with Crippen molar-refractivity contribution in [1.82, 2.24) is 4.90 Å². The minimum Gasteiger partial charge on any atom is -0.395 e. The number of hydrogen-bond donors (Lipinski definition) is 1. The Kier molecular flexibility index (Phi) is 6.45. The highest BCUT2D eigenvalue weighted by atomic mass is 16.3. The van der Waals surface area contributed by atoms with Gasteiger partial charge >= 0.3 is 0 Å². The molecule has 0 radical (unpaired) electrons. The number of hydrogen-bond acceptors (Lipinski definition) is 2. The Balaban J connectivity index is 1.79. The molecule has 0 bridgehead atoms. The van der Waals surface area contributed by atoms with E-state index in [1.807, 2.05) is 0 Å². The highest BCUT2D eigenvalue weighted by Crippen LogP contribution is 2.30. The van der Waals surface area contributed by atoms with E-state index >= 15 is 0 Å². The van der Waals surface area contributed by atoms with Gasteiger partial charge in [0.15, 0.2) is 0 Å². The van der Waals surface area contributed by atoms with E-state index in [0.717, 1.165) is 13.1 Å². The van der Waals surface area contributed by atoms with E-state index in [2.05, 4.69) is 65.6 Å². The van der Waals surface area contributed by atoms with Crippen LogP contribution in [0.25, 0.3) is 0 Å². The van der Waals surface area contributed by atoms with Crippen molar-refractivity contribution in [3.05, 3.63) is 71.8 Å². The molecule has 0 aliphatic heterocycles. The summed E-state index contributed by atoms with van der Waals surface area (Å²) in [6.07, 6.45) is 6.49. The van der Waals surface area contributed by atoms with Crippen LogP contribution in [0, 0.1) is 5.92 Å².